The van der Waals surface area contributed by atoms with Gasteiger partial charge in [0.05, 0.1) is 5.69 Å². The number of benzene rings is 2. The van der Waals surface area contributed by atoms with Gasteiger partial charge in [-0.05, 0) is 31.2 Å². The summed E-state index contributed by atoms with van der Waals surface area (Å²) in [5, 5.41) is 2.77. The van der Waals surface area contributed by atoms with Gasteiger partial charge in [-0.15, -0.1) is 11.3 Å². The zero-order valence-electron chi connectivity index (χ0n) is 14.2. The molecule has 0 aliphatic rings. The van der Waals surface area contributed by atoms with Crippen LogP contribution in [0.1, 0.15) is 21.6 Å². The summed E-state index contributed by atoms with van der Waals surface area (Å²) in [6.07, 6.45) is 0.747. The predicted molar refractivity (Wildman–Crippen MR) is 99.4 cm³/mol. The fourth-order valence-corrected chi connectivity index (χ4v) is 2.99. The number of aryl methyl sites for hydroxylation is 1. The summed E-state index contributed by atoms with van der Waals surface area (Å²) in [6, 6.07) is 14.6. The van der Waals surface area contributed by atoms with Crippen LogP contribution in [0.5, 0.6) is 5.75 Å². The van der Waals surface area contributed by atoms with Gasteiger partial charge in [0.25, 0.3) is 0 Å². The Balaban J connectivity index is 1.48. The standard InChI is InChI=1S/C20H17NO4S/c1-14-2-6-16(7-3-14)20-21-17(13-26-20)11-25-19(23)12-24-18-8-4-15(10-22)5-9-18/h2-10,13H,11-12H2,1H3. The van der Waals surface area contributed by atoms with Gasteiger partial charge in [0, 0.05) is 16.5 Å². The summed E-state index contributed by atoms with van der Waals surface area (Å²) in [5.74, 6) is 0.0252. The minimum atomic E-state index is -0.477. The molecule has 2 aromatic carbocycles. The van der Waals surface area contributed by atoms with E-state index in [1.807, 2.05) is 36.6 Å². The van der Waals surface area contributed by atoms with E-state index in [4.69, 9.17) is 9.47 Å². The smallest absolute Gasteiger partial charge is 0.344 e. The maximum Gasteiger partial charge on any atom is 0.344 e. The lowest BCUT2D eigenvalue weighted by Crippen LogP contribution is -2.14. The number of rotatable bonds is 7. The van der Waals surface area contributed by atoms with Crippen molar-refractivity contribution in [2.45, 2.75) is 13.5 Å². The Morgan fingerprint density at radius 2 is 1.85 bits per heavy atom. The molecule has 0 aliphatic carbocycles. The van der Waals surface area contributed by atoms with E-state index in [1.54, 1.807) is 24.3 Å². The molecule has 132 valence electrons. The lowest BCUT2D eigenvalue weighted by molar-refractivity contribution is -0.147. The Hall–Kier alpha value is -2.99. The molecule has 0 aliphatic heterocycles. The first kappa shape index (κ1) is 17.8. The normalized spacial score (nSPS) is 10.3. The van der Waals surface area contributed by atoms with Gasteiger partial charge in [-0.3, -0.25) is 4.79 Å². The SMILES string of the molecule is Cc1ccc(-c2nc(COC(=O)COc3ccc(C=O)cc3)cs2)cc1. The highest BCUT2D eigenvalue weighted by molar-refractivity contribution is 7.13. The molecule has 6 heteroatoms. The predicted octanol–water partition coefficient (Wildman–Crippen LogP) is 4.05. The largest absolute Gasteiger partial charge is 0.482 e. The van der Waals surface area contributed by atoms with Crippen LogP contribution in [-0.2, 0) is 16.1 Å². The average molecular weight is 367 g/mol. The lowest BCUT2D eigenvalue weighted by atomic mass is 10.2. The van der Waals surface area contributed by atoms with Crippen molar-refractivity contribution in [3.05, 3.63) is 70.7 Å². The number of aromatic nitrogens is 1. The molecule has 0 amide bonds. The molecule has 26 heavy (non-hydrogen) atoms. The minimum Gasteiger partial charge on any atom is -0.482 e. The van der Waals surface area contributed by atoms with Gasteiger partial charge in [-0.25, -0.2) is 9.78 Å². The molecule has 5 nitrogen and oxygen atoms in total. The van der Waals surface area contributed by atoms with Gasteiger partial charge in [0.2, 0.25) is 0 Å². The van der Waals surface area contributed by atoms with Crippen LogP contribution in [0.3, 0.4) is 0 Å². The highest BCUT2D eigenvalue weighted by Gasteiger charge is 2.09. The second-order valence-corrected chi connectivity index (χ2v) is 6.50. The van der Waals surface area contributed by atoms with Crippen molar-refractivity contribution in [2.75, 3.05) is 6.61 Å². The molecule has 0 saturated carbocycles. The van der Waals surface area contributed by atoms with Gasteiger partial charge in [0.1, 0.15) is 23.7 Å². The van der Waals surface area contributed by atoms with E-state index >= 15 is 0 Å². The maximum absolute atomic E-state index is 11.8. The topological polar surface area (TPSA) is 65.5 Å². The van der Waals surface area contributed by atoms with Crippen molar-refractivity contribution < 1.29 is 19.1 Å². The van der Waals surface area contributed by atoms with E-state index in [2.05, 4.69) is 4.98 Å². The maximum atomic E-state index is 11.8. The highest BCUT2D eigenvalue weighted by atomic mass is 32.1. The summed E-state index contributed by atoms with van der Waals surface area (Å²) in [7, 11) is 0. The Kier molecular flexibility index (Phi) is 5.76. The Bertz CT molecular complexity index is 885. The highest BCUT2D eigenvalue weighted by Crippen LogP contribution is 2.24. The molecule has 0 atom stereocenters. The van der Waals surface area contributed by atoms with Crippen LogP contribution < -0.4 is 4.74 Å². The monoisotopic (exact) mass is 367 g/mol. The molecular weight excluding hydrogens is 350 g/mol. The van der Waals surface area contributed by atoms with Crippen LogP contribution in [0.4, 0.5) is 0 Å². The number of hydrogen-bond acceptors (Lipinski definition) is 6. The number of hydrogen-bond donors (Lipinski definition) is 0. The van der Waals surface area contributed by atoms with E-state index in [9.17, 15) is 9.59 Å². The average Bonchev–Trinajstić information content (AvgIpc) is 3.14. The van der Waals surface area contributed by atoms with Crippen LogP contribution in [0.25, 0.3) is 10.6 Å². The van der Waals surface area contributed by atoms with E-state index in [0.29, 0.717) is 17.0 Å². The first-order valence-electron chi connectivity index (χ1n) is 7.99. The van der Waals surface area contributed by atoms with E-state index in [1.165, 1.54) is 16.9 Å². The quantitative estimate of drug-likeness (QED) is 0.465. The van der Waals surface area contributed by atoms with E-state index in [-0.39, 0.29) is 13.2 Å². The van der Waals surface area contributed by atoms with Crippen molar-refractivity contribution in [1.82, 2.24) is 4.98 Å². The zero-order chi connectivity index (χ0) is 18.4. The molecule has 0 bridgehead atoms. The number of esters is 1. The number of aldehydes is 1. The van der Waals surface area contributed by atoms with E-state index < -0.39 is 5.97 Å². The molecule has 0 fully saturated rings. The van der Waals surface area contributed by atoms with Crippen molar-refractivity contribution in [3.63, 3.8) is 0 Å². The molecule has 1 aromatic heterocycles. The first-order chi connectivity index (χ1) is 12.6. The van der Waals surface area contributed by atoms with Crippen LogP contribution in [0.15, 0.2) is 53.9 Å². The van der Waals surface area contributed by atoms with Gasteiger partial charge >= 0.3 is 5.97 Å². The molecule has 0 saturated heterocycles. The third-order valence-electron chi connectivity index (χ3n) is 3.60. The molecular formula is C20H17NO4S. The van der Waals surface area contributed by atoms with Crippen molar-refractivity contribution >= 4 is 23.6 Å². The van der Waals surface area contributed by atoms with Crippen molar-refractivity contribution in [1.29, 1.82) is 0 Å². The molecule has 0 radical (unpaired) electrons. The summed E-state index contributed by atoms with van der Waals surface area (Å²) in [6.45, 7) is 1.94. The third-order valence-corrected chi connectivity index (χ3v) is 4.54. The third kappa shape index (κ3) is 4.77. The fraction of sp³-hybridized carbons (Fsp3) is 0.150. The Labute approximate surface area is 155 Å². The van der Waals surface area contributed by atoms with Crippen molar-refractivity contribution in [2.24, 2.45) is 0 Å². The summed E-state index contributed by atoms with van der Waals surface area (Å²) in [5.41, 5.74) is 3.49. The van der Waals surface area contributed by atoms with Gasteiger partial charge in [0.15, 0.2) is 6.61 Å². The number of thiazole rings is 1. The molecule has 0 spiro atoms. The van der Waals surface area contributed by atoms with Crippen LogP contribution in [0.2, 0.25) is 0 Å². The second kappa shape index (κ2) is 8.40. The van der Waals surface area contributed by atoms with Crippen LogP contribution in [-0.4, -0.2) is 23.8 Å². The number of nitrogens with zero attached hydrogens (tertiary/aromatic N) is 1. The van der Waals surface area contributed by atoms with Crippen LogP contribution >= 0.6 is 11.3 Å². The number of carbonyl (C=O) groups excluding carboxylic acids is 2. The summed E-state index contributed by atoms with van der Waals surface area (Å²) in [4.78, 5) is 26.9. The molecule has 3 rings (SSSR count). The molecule has 0 N–H and O–H groups in total. The van der Waals surface area contributed by atoms with Crippen molar-refractivity contribution in [3.8, 4) is 16.3 Å². The lowest BCUT2D eigenvalue weighted by Gasteiger charge is -2.06. The number of carbonyl (C=O) groups is 2. The molecule has 0 unspecified atom stereocenters. The molecule has 3 aromatic rings. The summed E-state index contributed by atoms with van der Waals surface area (Å²) < 4.78 is 10.5. The fourth-order valence-electron chi connectivity index (χ4n) is 2.18. The van der Waals surface area contributed by atoms with Gasteiger partial charge < -0.3 is 9.47 Å². The van der Waals surface area contributed by atoms with Gasteiger partial charge in [-0.2, -0.15) is 0 Å². The van der Waals surface area contributed by atoms with Gasteiger partial charge in [-0.1, -0.05) is 29.8 Å². The van der Waals surface area contributed by atoms with E-state index in [0.717, 1.165) is 16.9 Å². The Morgan fingerprint density at radius 3 is 2.54 bits per heavy atom. The van der Waals surface area contributed by atoms with Crippen LogP contribution in [0, 0.1) is 6.92 Å². The second-order valence-electron chi connectivity index (χ2n) is 5.65. The first-order valence-corrected chi connectivity index (χ1v) is 8.87. The minimum absolute atomic E-state index is 0.106. The number of ether oxygens (including phenoxy) is 2. The molecule has 1 heterocycles. The Morgan fingerprint density at radius 1 is 1.12 bits per heavy atom. The zero-order valence-corrected chi connectivity index (χ0v) is 15.0. The summed E-state index contributed by atoms with van der Waals surface area (Å²) >= 11 is 1.51.